The van der Waals surface area contributed by atoms with Crippen molar-refractivity contribution in [1.82, 2.24) is 9.80 Å². The molecule has 0 aromatic heterocycles. The van der Waals surface area contributed by atoms with E-state index in [1.54, 1.807) is 0 Å². The van der Waals surface area contributed by atoms with Gasteiger partial charge >= 0.3 is 0 Å². The van der Waals surface area contributed by atoms with E-state index >= 15 is 0 Å². The van der Waals surface area contributed by atoms with Crippen LogP contribution in [-0.4, -0.2) is 43.1 Å². The molecule has 0 spiro atoms. The summed E-state index contributed by atoms with van der Waals surface area (Å²) in [5.41, 5.74) is 2.53. The fourth-order valence-electron chi connectivity index (χ4n) is 3.46. The maximum absolute atomic E-state index is 6.23. The van der Waals surface area contributed by atoms with Crippen molar-refractivity contribution in [2.75, 3.05) is 33.3 Å². The third-order valence-corrected chi connectivity index (χ3v) is 5.13. The molecule has 0 saturated carbocycles. The Balaban J connectivity index is 0.00000196. The van der Waals surface area contributed by atoms with Crippen molar-refractivity contribution in [3.63, 3.8) is 0 Å². The van der Waals surface area contributed by atoms with E-state index in [2.05, 4.69) is 53.2 Å². The van der Waals surface area contributed by atoms with Gasteiger partial charge < -0.3 is 4.74 Å². The van der Waals surface area contributed by atoms with Gasteiger partial charge in [0.05, 0.1) is 0 Å². The quantitative estimate of drug-likeness (QED) is 0.520. The summed E-state index contributed by atoms with van der Waals surface area (Å²) in [6, 6.07) is 16.5. The summed E-state index contributed by atoms with van der Waals surface area (Å²) in [5.74, 6) is 0.966. The fourth-order valence-corrected chi connectivity index (χ4v) is 3.65. The molecule has 1 heterocycles. The van der Waals surface area contributed by atoms with Gasteiger partial charge in [0, 0.05) is 30.2 Å². The Bertz CT molecular complexity index is 679. The SMILES string of the molecule is CN(CCOc1ccc(Cl)cc1CN1CCCCC1)Cc1ccccc1.Cl.Cl. The highest BCUT2D eigenvalue weighted by Gasteiger charge is 2.14. The first-order valence-corrected chi connectivity index (χ1v) is 9.94. The summed E-state index contributed by atoms with van der Waals surface area (Å²) in [4.78, 5) is 4.79. The first kappa shape index (κ1) is 25.1. The van der Waals surface area contributed by atoms with E-state index in [0.717, 1.165) is 30.4 Å². The number of likely N-dealkylation sites (tertiary alicyclic amines) is 1. The molecule has 0 atom stereocenters. The molecule has 1 saturated heterocycles. The minimum absolute atomic E-state index is 0. The van der Waals surface area contributed by atoms with Crippen molar-refractivity contribution in [1.29, 1.82) is 0 Å². The number of hydrogen-bond donors (Lipinski definition) is 0. The van der Waals surface area contributed by atoms with E-state index in [9.17, 15) is 0 Å². The van der Waals surface area contributed by atoms with Gasteiger partial charge in [-0.3, -0.25) is 9.80 Å². The number of likely N-dealkylation sites (N-methyl/N-ethyl adjacent to an activating group) is 1. The Morgan fingerprint density at radius 3 is 2.43 bits per heavy atom. The highest BCUT2D eigenvalue weighted by molar-refractivity contribution is 6.30. The zero-order valence-corrected chi connectivity index (χ0v) is 18.9. The minimum Gasteiger partial charge on any atom is -0.492 e. The van der Waals surface area contributed by atoms with Gasteiger partial charge in [-0.2, -0.15) is 0 Å². The first-order valence-electron chi connectivity index (χ1n) is 9.57. The van der Waals surface area contributed by atoms with Gasteiger partial charge in [0.2, 0.25) is 0 Å². The predicted molar refractivity (Wildman–Crippen MR) is 123 cm³/mol. The lowest BCUT2D eigenvalue weighted by molar-refractivity contribution is 0.208. The van der Waals surface area contributed by atoms with Crippen LogP contribution in [0.4, 0.5) is 0 Å². The molecule has 3 nitrogen and oxygen atoms in total. The molecule has 3 rings (SSSR count). The van der Waals surface area contributed by atoms with Crippen molar-refractivity contribution in [2.24, 2.45) is 0 Å². The van der Waals surface area contributed by atoms with Gasteiger partial charge in [-0.1, -0.05) is 48.4 Å². The molecule has 0 N–H and O–H groups in total. The van der Waals surface area contributed by atoms with Crippen LogP contribution >= 0.6 is 36.4 Å². The molecular formula is C22H31Cl3N2O. The summed E-state index contributed by atoms with van der Waals surface area (Å²) in [6.07, 6.45) is 3.94. The third kappa shape index (κ3) is 8.18. The molecule has 0 amide bonds. The smallest absolute Gasteiger partial charge is 0.123 e. The van der Waals surface area contributed by atoms with Crippen molar-refractivity contribution in [3.8, 4) is 5.75 Å². The van der Waals surface area contributed by atoms with E-state index in [0.29, 0.717) is 6.61 Å². The number of hydrogen-bond acceptors (Lipinski definition) is 3. The molecule has 0 unspecified atom stereocenters. The molecule has 0 radical (unpaired) electrons. The molecule has 6 heteroatoms. The van der Waals surface area contributed by atoms with E-state index in [4.69, 9.17) is 16.3 Å². The maximum Gasteiger partial charge on any atom is 0.123 e. The Labute approximate surface area is 186 Å². The second-order valence-electron chi connectivity index (χ2n) is 7.16. The van der Waals surface area contributed by atoms with Crippen LogP contribution in [0.3, 0.4) is 0 Å². The van der Waals surface area contributed by atoms with E-state index in [1.807, 2.05) is 12.1 Å². The van der Waals surface area contributed by atoms with Gasteiger partial charge in [-0.25, -0.2) is 0 Å². The average Bonchev–Trinajstić information content (AvgIpc) is 2.65. The van der Waals surface area contributed by atoms with Crippen LogP contribution in [-0.2, 0) is 13.1 Å². The van der Waals surface area contributed by atoms with Crippen LogP contribution in [0, 0.1) is 0 Å². The van der Waals surface area contributed by atoms with Crippen molar-refractivity contribution >= 4 is 36.4 Å². The Morgan fingerprint density at radius 2 is 1.71 bits per heavy atom. The van der Waals surface area contributed by atoms with E-state index in [1.165, 1.54) is 43.5 Å². The number of piperidine rings is 1. The van der Waals surface area contributed by atoms with Crippen LogP contribution in [0.5, 0.6) is 5.75 Å². The lowest BCUT2D eigenvalue weighted by atomic mass is 10.1. The van der Waals surface area contributed by atoms with Crippen LogP contribution in [0.15, 0.2) is 48.5 Å². The lowest BCUT2D eigenvalue weighted by Crippen LogP contribution is -2.29. The minimum atomic E-state index is 0. The van der Waals surface area contributed by atoms with Gasteiger partial charge in [0.1, 0.15) is 12.4 Å². The average molecular weight is 446 g/mol. The largest absolute Gasteiger partial charge is 0.492 e. The second-order valence-corrected chi connectivity index (χ2v) is 7.60. The van der Waals surface area contributed by atoms with E-state index < -0.39 is 0 Å². The topological polar surface area (TPSA) is 15.7 Å². The molecule has 2 aromatic carbocycles. The summed E-state index contributed by atoms with van der Waals surface area (Å²) in [7, 11) is 2.13. The van der Waals surface area contributed by atoms with Crippen molar-refractivity contribution < 1.29 is 4.74 Å². The predicted octanol–water partition coefficient (Wildman–Crippen LogP) is 5.68. The highest BCUT2D eigenvalue weighted by Crippen LogP contribution is 2.25. The summed E-state index contributed by atoms with van der Waals surface area (Å²) in [6.45, 7) is 5.78. The van der Waals surface area contributed by atoms with Gasteiger partial charge in [-0.15, -0.1) is 24.8 Å². The Hall–Kier alpha value is -0.970. The van der Waals surface area contributed by atoms with Crippen LogP contribution in [0.25, 0.3) is 0 Å². The zero-order chi connectivity index (χ0) is 18.2. The fraction of sp³-hybridized carbons (Fsp3) is 0.455. The molecule has 2 aromatic rings. The number of benzene rings is 2. The number of ether oxygens (including phenoxy) is 1. The van der Waals surface area contributed by atoms with Gasteiger partial charge in [0.25, 0.3) is 0 Å². The summed E-state index contributed by atoms with van der Waals surface area (Å²) in [5, 5.41) is 0.783. The second kappa shape index (κ2) is 13.3. The van der Waals surface area contributed by atoms with Crippen LogP contribution in [0.1, 0.15) is 30.4 Å². The Kier molecular flexibility index (Phi) is 11.9. The number of nitrogens with zero attached hydrogens (tertiary/aromatic N) is 2. The van der Waals surface area contributed by atoms with Crippen molar-refractivity contribution in [2.45, 2.75) is 32.4 Å². The molecular weight excluding hydrogens is 415 g/mol. The zero-order valence-electron chi connectivity index (χ0n) is 16.5. The standard InChI is InChI=1S/C22H29ClN2O.2ClH/c1-24(17-19-8-4-2-5-9-19)14-15-26-22-11-10-21(23)16-20(22)18-25-12-6-3-7-13-25;;/h2,4-5,8-11,16H,3,6-7,12-15,17-18H2,1H3;2*1H. The molecule has 1 aliphatic heterocycles. The highest BCUT2D eigenvalue weighted by atomic mass is 35.5. The van der Waals surface area contributed by atoms with E-state index in [-0.39, 0.29) is 24.8 Å². The summed E-state index contributed by atoms with van der Waals surface area (Å²) < 4.78 is 6.12. The molecule has 1 aliphatic rings. The molecule has 0 aliphatic carbocycles. The molecule has 156 valence electrons. The van der Waals surface area contributed by atoms with Crippen LogP contribution in [0.2, 0.25) is 5.02 Å². The molecule has 28 heavy (non-hydrogen) atoms. The number of rotatable bonds is 8. The normalized spacial score (nSPS) is 14.2. The Morgan fingerprint density at radius 1 is 1.00 bits per heavy atom. The van der Waals surface area contributed by atoms with Crippen LogP contribution < -0.4 is 4.74 Å². The van der Waals surface area contributed by atoms with Gasteiger partial charge in [-0.05, 0) is 56.7 Å². The molecule has 0 bridgehead atoms. The molecule has 1 fully saturated rings. The first-order chi connectivity index (χ1) is 12.7. The van der Waals surface area contributed by atoms with Crippen molar-refractivity contribution in [3.05, 3.63) is 64.7 Å². The van der Waals surface area contributed by atoms with Gasteiger partial charge in [0.15, 0.2) is 0 Å². The lowest BCUT2D eigenvalue weighted by Gasteiger charge is -2.27. The maximum atomic E-state index is 6.23. The third-order valence-electron chi connectivity index (χ3n) is 4.89. The monoisotopic (exact) mass is 444 g/mol. The number of halogens is 3. The summed E-state index contributed by atoms with van der Waals surface area (Å²) >= 11 is 6.23.